The van der Waals surface area contributed by atoms with E-state index in [0.29, 0.717) is 0 Å². The normalized spacial score (nSPS) is 10.2. The van der Waals surface area contributed by atoms with Crippen LogP contribution in [0.2, 0.25) is 0 Å². The zero-order valence-corrected chi connectivity index (χ0v) is 12.6. The quantitative estimate of drug-likeness (QED) is 0.732. The third-order valence-electron chi connectivity index (χ3n) is 3.21. The minimum atomic E-state index is 0.844. The molecule has 21 heavy (non-hydrogen) atoms. The Kier molecular flexibility index (Phi) is 5.91. The summed E-state index contributed by atoms with van der Waals surface area (Å²) >= 11 is 0. The minimum Gasteiger partial charge on any atom is -0.497 e. The first-order valence-corrected chi connectivity index (χ1v) is 7.04. The number of rotatable bonds is 8. The van der Waals surface area contributed by atoms with Crippen molar-refractivity contribution in [1.29, 1.82) is 0 Å². The van der Waals surface area contributed by atoms with Gasteiger partial charge in [-0.15, -0.1) is 0 Å². The molecular weight excluding hydrogens is 264 g/mol. The number of hydrogen-bond acceptors (Lipinski definition) is 4. The molecule has 0 saturated heterocycles. The van der Waals surface area contributed by atoms with E-state index in [1.54, 1.807) is 14.2 Å². The van der Waals surface area contributed by atoms with Crippen LogP contribution in [-0.4, -0.2) is 27.3 Å². The SMILES string of the molecule is COc1ccc(CNCCNc2ccccc2OC)cc1. The van der Waals surface area contributed by atoms with Crippen molar-refractivity contribution in [2.45, 2.75) is 6.54 Å². The van der Waals surface area contributed by atoms with Crippen LogP contribution in [0.5, 0.6) is 11.5 Å². The predicted molar refractivity (Wildman–Crippen MR) is 86.2 cm³/mol. The lowest BCUT2D eigenvalue weighted by atomic mass is 10.2. The van der Waals surface area contributed by atoms with Gasteiger partial charge in [0.2, 0.25) is 0 Å². The van der Waals surface area contributed by atoms with Crippen LogP contribution < -0.4 is 20.1 Å². The van der Waals surface area contributed by atoms with Crippen LogP contribution in [0.15, 0.2) is 48.5 Å². The molecule has 0 amide bonds. The fraction of sp³-hybridized carbons (Fsp3) is 0.294. The number of benzene rings is 2. The second-order valence-corrected chi connectivity index (χ2v) is 4.65. The van der Waals surface area contributed by atoms with Crippen molar-refractivity contribution in [3.05, 3.63) is 54.1 Å². The van der Waals surface area contributed by atoms with E-state index in [0.717, 1.165) is 36.8 Å². The highest BCUT2D eigenvalue weighted by Gasteiger charge is 1.99. The first-order valence-electron chi connectivity index (χ1n) is 7.04. The Balaban J connectivity index is 1.70. The molecule has 0 bridgehead atoms. The molecule has 0 unspecified atom stereocenters. The minimum absolute atomic E-state index is 0.844. The average molecular weight is 286 g/mol. The van der Waals surface area contributed by atoms with Crippen LogP contribution in [0, 0.1) is 0 Å². The Morgan fingerprint density at radius 2 is 1.62 bits per heavy atom. The number of nitrogens with one attached hydrogen (secondary N) is 2. The van der Waals surface area contributed by atoms with Crippen LogP contribution >= 0.6 is 0 Å². The molecule has 2 rings (SSSR count). The molecule has 0 aliphatic rings. The molecule has 4 nitrogen and oxygen atoms in total. The fourth-order valence-corrected chi connectivity index (χ4v) is 2.05. The maximum absolute atomic E-state index is 5.30. The number of methoxy groups -OCH3 is 2. The van der Waals surface area contributed by atoms with Gasteiger partial charge in [0.25, 0.3) is 0 Å². The Morgan fingerprint density at radius 3 is 2.33 bits per heavy atom. The van der Waals surface area contributed by atoms with Gasteiger partial charge in [0, 0.05) is 19.6 Å². The number of ether oxygens (including phenoxy) is 2. The van der Waals surface area contributed by atoms with E-state index in [1.807, 2.05) is 36.4 Å². The predicted octanol–water partition coefficient (Wildman–Crippen LogP) is 2.91. The van der Waals surface area contributed by atoms with E-state index in [4.69, 9.17) is 9.47 Å². The summed E-state index contributed by atoms with van der Waals surface area (Å²) in [6.07, 6.45) is 0. The topological polar surface area (TPSA) is 42.5 Å². The lowest BCUT2D eigenvalue weighted by Gasteiger charge is -2.11. The average Bonchev–Trinajstić information content (AvgIpc) is 2.55. The second-order valence-electron chi connectivity index (χ2n) is 4.65. The number of para-hydroxylation sites is 2. The van der Waals surface area contributed by atoms with E-state index < -0.39 is 0 Å². The summed E-state index contributed by atoms with van der Waals surface area (Å²) in [5.74, 6) is 1.75. The highest BCUT2D eigenvalue weighted by atomic mass is 16.5. The lowest BCUT2D eigenvalue weighted by Crippen LogP contribution is -2.21. The fourth-order valence-electron chi connectivity index (χ4n) is 2.05. The molecule has 0 fully saturated rings. The van der Waals surface area contributed by atoms with E-state index in [2.05, 4.69) is 22.8 Å². The summed E-state index contributed by atoms with van der Waals surface area (Å²) in [6.45, 7) is 2.57. The van der Waals surface area contributed by atoms with Crippen molar-refractivity contribution in [3.63, 3.8) is 0 Å². The summed E-state index contributed by atoms with van der Waals surface area (Å²) in [6, 6.07) is 16.0. The van der Waals surface area contributed by atoms with Gasteiger partial charge in [-0.3, -0.25) is 0 Å². The Labute approximate surface area is 126 Å². The largest absolute Gasteiger partial charge is 0.497 e. The van der Waals surface area contributed by atoms with Crippen molar-refractivity contribution in [1.82, 2.24) is 5.32 Å². The molecule has 2 aromatic carbocycles. The summed E-state index contributed by atoms with van der Waals surface area (Å²) in [4.78, 5) is 0. The summed E-state index contributed by atoms with van der Waals surface area (Å²) < 4.78 is 10.4. The number of hydrogen-bond donors (Lipinski definition) is 2. The Bertz CT molecular complexity index is 541. The molecule has 0 aromatic heterocycles. The van der Waals surface area contributed by atoms with Crippen LogP contribution in [0.1, 0.15) is 5.56 Å². The Hall–Kier alpha value is -2.20. The second kappa shape index (κ2) is 8.17. The van der Waals surface area contributed by atoms with Crippen LogP contribution in [0.4, 0.5) is 5.69 Å². The molecular formula is C17H22N2O2. The number of anilines is 1. The molecule has 0 saturated carbocycles. The molecule has 4 heteroatoms. The van der Waals surface area contributed by atoms with E-state index in [9.17, 15) is 0 Å². The first kappa shape index (κ1) is 15.2. The zero-order chi connectivity index (χ0) is 14.9. The van der Waals surface area contributed by atoms with Gasteiger partial charge in [-0.2, -0.15) is 0 Å². The van der Waals surface area contributed by atoms with E-state index in [-0.39, 0.29) is 0 Å². The molecule has 0 aliphatic heterocycles. The lowest BCUT2D eigenvalue weighted by molar-refractivity contribution is 0.414. The van der Waals surface area contributed by atoms with Crippen molar-refractivity contribution in [3.8, 4) is 11.5 Å². The van der Waals surface area contributed by atoms with Gasteiger partial charge in [-0.1, -0.05) is 24.3 Å². The molecule has 2 aromatic rings. The molecule has 0 atom stereocenters. The highest BCUT2D eigenvalue weighted by molar-refractivity contribution is 5.56. The van der Waals surface area contributed by atoms with Gasteiger partial charge in [0.05, 0.1) is 19.9 Å². The maximum Gasteiger partial charge on any atom is 0.141 e. The molecule has 112 valence electrons. The third-order valence-corrected chi connectivity index (χ3v) is 3.21. The summed E-state index contributed by atoms with van der Waals surface area (Å²) in [5.41, 5.74) is 2.26. The van der Waals surface area contributed by atoms with Crippen molar-refractivity contribution < 1.29 is 9.47 Å². The van der Waals surface area contributed by atoms with E-state index in [1.165, 1.54) is 5.56 Å². The van der Waals surface area contributed by atoms with Gasteiger partial charge < -0.3 is 20.1 Å². The molecule has 0 radical (unpaired) electrons. The van der Waals surface area contributed by atoms with Gasteiger partial charge in [0.1, 0.15) is 11.5 Å². The maximum atomic E-state index is 5.30. The highest BCUT2D eigenvalue weighted by Crippen LogP contribution is 2.22. The first-order chi connectivity index (χ1) is 10.3. The van der Waals surface area contributed by atoms with E-state index >= 15 is 0 Å². The van der Waals surface area contributed by atoms with Crippen molar-refractivity contribution >= 4 is 5.69 Å². The van der Waals surface area contributed by atoms with Gasteiger partial charge in [-0.25, -0.2) is 0 Å². The molecule has 0 spiro atoms. The smallest absolute Gasteiger partial charge is 0.141 e. The summed E-state index contributed by atoms with van der Waals surface area (Å²) in [5, 5.41) is 6.76. The van der Waals surface area contributed by atoms with Crippen molar-refractivity contribution in [2.75, 3.05) is 32.6 Å². The van der Waals surface area contributed by atoms with Crippen molar-refractivity contribution in [2.24, 2.45) is 0 Å². The molecule has 2 N–H and O–H groups in total. The standard InChI is InChI=1S/C17H22N2O2/c1-20-15-9-7-14(8-10-15)13-18-11-12-19-16-5-3-4-6-17(16)21-2/h3-10,18-19H,11-13H2,1-2H3. The molecule has 0 heterocycles. The Morgan fingerprint density at radius 1 is 0.857 bits per heavy atom. The van der Waals surface area contributed by atoms with Crippen LogP contribution in [-0.2, 0) is 6.54 Å². The van der Waals surface area contributed by atoms with Crippen LogP contribution in [0.25, 0.3) is 0 Å². The van der Waals surface area contributed by atoms with Gasteiger partial charge in [-0.05, 0) is 29.8 Å². The van der Waals surface area contributed by atoms with Gasteiger partial charge >= 0.3 is 0 Å². The monoisotopic (exact) mass is 286 g/mol. The third kappa shape index (κ3) is 4.68. The molecule has 0 aliphatic carbocycles. The zero-order valence-electron chi connectivity index (χ0n) is 12.6. The van der Waals surface area contributed by atoms with Gasteiger partial charge in [0.15, 0.2) is 0 Å². The van der Waals surface area contributed by atoms with Crippen LogP contribution in [0.3, 0.4) is 0 Å². The summed E-state index contributed by atoms with van der Waals surface area (Å²) in [7, 11) is 3.36.